The fraction of sp³-hybridized carbons (Fsp3) is 0.350. The molecule has 6 heteroatoms. The van der Waals surface area contributed by atoms with Crippen LogP contribution in [0.2, 0.25) is 0 Å². The summed E-state index contributed by atoms with van der Waals surface area (Å²) >= 11 is 0. The predicted molar refractivity (Wildman–Crippen MR) is 97.1 cm³/mol. The molecule has 0 aliphatic carbocycles. The second kappa shape index (κ2) is 8.47. The summed E-state index contributed by atoms with van der Waals surface area (Å²) in [6.45, 7) is 7.10. The molecule has 2 aromatic rings. The first-order valence-electron chi connectivity index (χ1n) is 8.48. The molecule has 0 atom stereocenters. The summed E-state index contributed by atoms with van der Waals surface area (Å²) in [4.78, 5) is 39.0. The molecule has 0 amide bonds. The van der Waals surface area contributed by atoms with Gasteiger partial charge in [0.25, 0.3) is 0 Å². The van der Waals surface area contributed by atoms with E-state index in [1.165, 1.54) is 6.92 Å². The quantitative estimate of drug-likeness (QED) is 0.575. The molecule has 0 aliphatic rings. The number of hydrogen-bond acceptors (Lipinski definition) is 5. The van der Waals surface area contributed by atoms with Crippen LogP contribution in [0, 0.1) is 13.8 Å². The summed E-state index contributed by atoms with van der Waals surface area (Å²) in [5.41, 5.74) is 2.34. The molecule has 1 heterocycles. The lowest BCUT2D eigenvalue weighted by atomic mass is 10.1. The number of Topliss-reactive ketones (excluding diaryl/α,β-unsaturated/α-hetero) is 2. The lowest BCUT2D eigenvalue weighted by molar-refractivity contribution is 0.0473. The molecule has 1 N–H and O–H groups in total. The molecule has 0 saturated carbocycles. The zero-order valence-corrected chi connectivity index (χ0v) is 15.5. The van der Waals surface area contributed by atoms with Crippen molar-refractivity contribution in [2.45, 2.75) is 34.1 Å². The standard InChI is InChI=1S/C20H23NO5/c1-5-10-25-16-8-6-15(7-9-16)20(24)26-11-17(23)19-12(2)18(14(4)22)13(3)21-19/h6-9,21H,5,10-11H2,1-4H3. The van der Waals surface area contributed by atoms with Crippen molar-refractivity contribution in [1.82, 2.24) is 4.98 Å². The van der Waals surface area contributed by atoms with Crippen molar-refractivity contribution < 1.29 is 23.9 Å². The van der Waals surface area contributed by atoms with Crippen molar-refractivity contribution in [3.8, 4) is 5.75 Å². The number of carbonyl (C=O) groups is 3. The Morgan fingerprint density at radius 3 is 2.27 bits per heavy atom. The normalized spacial score (nSPS) is 10.5. The van der Waals surface area contributed by atoms with Crippen molar-refractivity contribution in [3.63, 3.8) is 0 Å². The molecular formula is C20H23NO5. The Morgan fingerprint density at radius 2 is 1.73 bits per heavy atom. The zero-order chi connectivity index (χ0) is 19.3. The van der Waals surface area contributed by atoms with Gasteiger partial charge in [-0.15, -0.1) is 0 Å². The van der Waals surface area contributed by atoms with Gasteiger partial charge in [0.05, 0.1) is 17.9 Å². The van der Waals surface area contributed by atoms with Gasteiger partial charge in [0.1, 0.15) is 5.75 Å². The van der Waals surface area contributed by atoms with Gasteiger partial charge in [-0.1, -0.05) is 6.92 Å². The van der Waals surface area contributed by atoms with E-state index in [1.54, 1.807) is 38.1 Å². The molecule has 6 nitrogen and oxygen atoms in total. The number of benzene rings is 1. The van der Waals surface area contributed by atoms with Gasteiger partial charge in [0.2, 0.25) is 5.78 Å². The fourth-order valence-electron chi connectivity index (χ4n) is 2.75. The van der Waals surface area contributed by atoms with E-state index in [9.17, 15) is 14.4 Å². The van der Waals surface area contributed by atoms with E-state index in [4.69, 9.17) is 9.47 Å². The number of aromatic amines is 1. The number of nitrogens with one attached hydrogen (secondary N) is 1. The molecule has 0 fully saturated rings. The number of carbonyl (C=O) groups excluding carboxylic acids is 3. The van der Waals surface area contributed by atoms with Gasteiger partial charge in [0, 0.05) is 11.3 Å². The minimum absolute atomic E-state index is 0.113. The molecular weight excluding hydrogens is 334 g/mol. The molecule has 0 radical (unpaired) electrons. The molecule has 1 aromatic carbocycles. The predicted octanol–water partition coefficient (Wildman–Crippen LogP) is 3.66. The summed E-state index contributed by atoms with van der Waals surface area (Å²) in [6.07, 6.45) is 0.898. The highest BCUT2D eigenvalue weighted by molar-refractivity contribution is 6.04. The molecule has 0 saturated heterocycles. The van der Waals surface area contributed by atoms with Crippen molar-refractivity contribution in [2.24, 2.45) is 0 Å². The first-order valence-corrected chi connectivity index (χ1v) is 8.48. The van der Waals surface area contributed by atoms with E-state index in [-0.39, 0.29) is 11.6 Å². The second-order valence-electron chi connectivity index (χ2n) is 6.05. The van der Waals surface area contributed by atoms with Crippen LogP contribution < -0.4 is 4.74 Å². The highest BCUT2D eigenvalue weighted by Gasteiger charge is 2.21. The first kappa shape index (κ1) is 19.4. The van der Waals surface area contributed by atoms with Crippen molar-refractivity contribution in [3.05, 3.63) is 52.3 Å². The Kier molecular flexibility index (Phi) is 6.33. The lowest BCUT2D eigenvalue weighted by Gasteiger charge is -2.07. The maximum Gasteiger partial charge on any atom is 0.338 e. The highest BCUT2D eigenvalue weighted by atomic mass is 16.5. The maximum absolute atomic E-state index is 12.3. The maximum atomic E-state index is 12.3. The Bertz CT molecular complexity index is 817. The molecule has 1 aromatic heterocycles. The van der Waals surface area contributed by atoms with Crippen LogP contribution >= 0.6 is 0 Å². The Balaban J connectivity index is 2.00. The smallest absolute Gasteiger partial charge is 0.338 e. The number of rotatable bonds is 8. The summed E-state index contributed by atoms with van der Waals surface area (Å²) in [5.74, 6) is -0.408. The average molecular weight is 357 g/mol. The van der Waals surface area contributed by atoms with Gasteiger partial charge >= 0.3 is 5.97 Å². The van der Waals surface area contributed by atoms with Crippen LogP contribution in [0.25, 0.3) is 0 Å². The van der Waals surface area contributed by atoms with E-state index in [2.05, 4.69) is 4.98 Å². The minimum atomic E-state index is -0.590. The van der Waals surface area contributed by atoms with Crippen LogP contribution in [0.3, 0.4) is 0 Å². The number of hydrogen-bond donors (Lipinski definition) is 1. The van der Waals surface area contributed by atoms with E-state index in [0.717, 1.165) is 6.42 Å². The number of ketones is 2. The Labute approximate surface area is 152 Å². The van der Waals surface area contributed by atoms with E-state index < -0.39 is 12.6 Å². The van der Waals surface area contributed by atoms with Crippen molar-refractivity contribution in [1.29, 1.82) is 0 Å². The van der Waals surface area contributed by atoms with Crippen LogP contribution in [-0.4, -0.2) is 35.7 Å². The number of H-pyrrole nitrogens is 1. The van der Waals surface area contributed by atoms with Gasteiger partial charge in [-0.3, -0.25) is 9.59 Å². The molecule has 0 unspecified atom stereocenters. The third-order valence-electron chi connectivity index (χ3n) is 3.97. The molecule has 0 spiro atoms. The van der Waals surface area contributed by atoms with Crippen LogP contribution in [-0.2, 0) is 4.74 Å². The third kappa shape index (κ3) is 4.39. The van der Waals surface area contributed by atoms with Crippen molar-refractivity contribution in [2.75, 3.05) is 13.2 Å². The molecule has 2 rings (SSSR count). The molecule has 0 aliphatic heterocycles. The number of esters is 1. The summed E-state index contributed by atoms with van der Waals surface area (Å²) < 4.78 is 10.5. The molecule has 138 valence electrons. The first-order chi connectivity index (χ1) is 12.3. The van der Waals surface area contributed by atoms with E-state index in [0.29, 0.717) is 40.4 Å². The Hall–Kier alpha value is -2.89. The second-order valence-corrected chi connectivity index (χ2v) is 6.05. The summed E-state index contributed by atoms with van der Waals surface area (Å²) in [5, 5.41) is 0. The number of aromatic nitrogens is 1. The van der Waals surface area contributed by atoms with Gasteiger partial charge < -0.3 is 14.5 Å². The monoisotopic (exact) mass is 357 g/mol. The topological polar surface area (TPSA) is 85.5 Å². The van der Waals surface area contributed by atoms with Crippen LogP contribution in [0.15, 0.2) is 24.3 Å². The van der Waals surface area contributed by atoms with Crippen LogP contribution in [0.5, 0.6) is 5.75 Å². The largest absolute Gasteiger partial charge is 0.494 e. The van der Waals surface area contributed by atoms with Gasteiger partial charge in [-0.2, -0.15) is 0 Å². The fourth-order valence-corrected chi connectivity index (χ4v) is 2.75. The van der Waals surface area contributed by atoms with Gasteiger partial charge in [-0.25, -0.2) is 4.79 Å². The Morgan fingerprint density at radius 1 is 1.08 bits per heavy atom. The van der Waals surface area contributed by atoms with E-state index in [1.807, 2.05) is 6.92 Å². The highest BCUT2D eigenvalue weighted by Crippen LogP contribution is 2.19. The van der Waals surface area contributed by atoms with Crippen molar-refractivity contribution >= 4 is 17.5 Å². The molecule has 0 bridgehead atoms. The SMILES string of the molecule is CCCOc1ccc(C(=O)OCC(=O)c2[nH]c(C)c(C(C)=O)c2C)cc1. The number of ether oxygens (including phenoxy) is 2. The van der Waals surface area contributed by atoms with Gasteiger partial charge in [0.15, 0.2) is 12.4 Å². The minimum Gasteiger partial charge on any atom is -0.494 e. The average Bonchev–Trinajstić information content (AvgIpc) is 2.92. The third-order valence-corrected chi connectivity index (χ3v) is 3.97. The summed E-state index contributed by atoms with van der Waals surface area (Å²) in [7, 11) is 0. The van der Waals surface area contributed by atoms with Gasteiger partial charge in [-0.05, 0) is 57.0 Å². The lowest BCUT2D eigenvalue weighted by Crippen LogP contribution is -2.15. The van der Waals surface area contributed by atoms with Crippen LogP contribution in [0.4, 0.5) is 0 Å². The van der Waals surface area contributed by atoms with Crippen LogP contribution in [0.1, 0.15) is 62.7 Å². The zero-order valence-electron chi connectivity index (χ0n) is 15.5. The molecule has 26 heavy (non-hydrogen) atoms. The summed E-state index contributed by atoms with van der Waals surface area (Å²) in [6, 6.07) is 6.56. The van der Waals surface area contributed by atoms with E-state index >= 15 is 0 Å². The number of aryl methyl sites for hydroxylation is 1.